The zero-order valence-corrected chi connectivity index (χ0v) is 10.6. The van der Waals surface area contributed by atoms with Crippen LogP contribution >= 0.6 is 0 Å². The zero-order chi connectivity index (χ0) is 11.7. The Morgan fingerprint density at radius 1 is 1.27 bits per heavy atom. The van der Waals surface area contributed by atoms with Crippen LogP contribution in [0.5, 0.6) is 0 Å². The van der Waals surface area contributed by atoms with Crippen LogP contribution in [0.1, 0.15) is 46.5 Å². The highest BCUT2D eigenvalue weighted by Crippen LogP contribution is 2.04. The second-order valence-corrected chi connectivity index (χ2v) is 4.20. The van der Waals surface area contributed by atoms with E-state index >= 15 is 0 Å². The summed E-state index contributed by atoms with van der Waals surface area (Å²) in [6.45, 7) is 7.84. The Bertz CT molecular complexity index is 169. The fourth-order valence-electron chi connectivity index (χ4n) is 1.49. The minimum absolute atomic E-state index is 0.140. The van der Waals surface area contributed by atoms with E-state index in [1.807, 2.05) is 0 Å². The lowest BCUT2D eigenvalue weighted by molar-refractivity contribution is -0.142. The van der Waals surface area contributed by atoms with Crippen molar-refractivity contribution in [3.63, 3.8) is 0 Å². The van der Waals surface area contributed by atoms with Gasteiger partial charge < -0.3 is 4.74 Å². The molecule has 0 aliphatic carbocycles. The van der Waals surface area contributed by atoms with Gasteiger partial charge in [-0.3, -0.25) is 9.69 Å². The number of esters is 1. The molecule has 0 radical (unpaired) electrons. The highest BCUT2D eigenvalue weighted by Gasteiger charge is 2.13. The van der Waals surface area contributed by atoms with Crippen LogP contribution in [0.2, 0.25) is 0 Å². The zero-order valence-electron chi connectivity index (χ0n) is 10.6. The molecule has 90 valence electrons. The number of carbonyl (C=O) groups is 1. The molecule has 0 fully saturated rings. The normalized spacial score (nSPS) is 11.1. The molecule has 3 heteroatoms. The summed E-state index contributed by atoms with van der Waals surface area (Å²) in [5, 5.41) is 0. The molecule has 0 rings (SSSR count). The van der Waals surface area contributed by atoms with Crippen LogP contribution in [0, 0.1) is 0 Å². The number of hydrogen-bond donors (Lipinski definition) is 0. The summed E-state index contributed by atoms with van der Waals surface area (Å²) < 4.78 is 4.68. The summed E-state index contributed by atoms with van der Waals surface area (Å²) in [6, 6.07) is 0.408. The topological polar surface area (TPSA) is 29.5 Å². The second kappa shape index (κ2) is 8.72. The van der Waals surface area contributed by atoms with Crippen molar-refractivity contribution < 1.29 is 9.53 Å². The van der Waals surface area contributed by atoms with Gasteiger partial charge in [0.1, 0.15) is 0 Å². The maximum atomic E-state index is 11.2. The molecule has 3 nitrogen and oxygen atoms in total. The van der Waals surface area contributed by atoms with Crippen molar-refractivity contribution in [1.29, 1.82) is 0 Å². The Balaban J connectivity index is 3.78. The molecule has 0 aliphatic heterocycles. The predicted molar refractivity (Wildman–Crippen MR) is 62.9 cm³/mol. The number of hydrogen-bond acceptors (Lipinski definition) is 3. The van der Waals surface area contributed by atoms with Crippen LogP contribution in [0.4, 0.5) is 0 Å². The molecule has 0 bridgehead atoms. The first-order valence-corrected chi connectivity index (χ1v) is 5.92. The monoisotopic (exact) mass is 215 g/mol. The second-order valence-electron chi connectivity index (χ2n) is 4.20. The fourth-order valence-corrected chi connectivity index (χ4v) is 1.49. The third-order valence-corrected chi connectivity index (χ3v) is 2.59. The van der Waals surface area contributed by atoms with Gasteiger partial charge in [0, 0.05) is 6.04 Å². The molecule has 0 amide bonds. The van der Waals surface area contributed by atoms with Gasteiger partial charge in [0.25, 0.3) is 0 Å². The van der Waals surface area contributed by atoms with Gasteiger partial charge in [-0.25, -0.2) is 0 Å². The highest BCUT2D eigenvalue weighted by atomic mass is 16.5. The van der Waals surface area contributed by atoms with E-state index in [0.29, 0.717) is 12.6 Å². The van der Waals surface area contributed by atoms with Gasteiger partial charge in [0.05, 0.1) is 13.7 Å². The molecule has 0 saturated carbocycles. The van der Waals surface area contributed by atoms with E-state index in [2.05, 4.69) is 30.4 Å². The van der Waals surface area contributed by atoms with E-state index in [4.69, 9.17) is 0 Å². The predicted octanol–water partition coefficient (Wildman–Crippen LogP) is 2.45. The minimum atomic E-state index is -0.140. The van der Waals surface area contributed by atoms with E-state index in [0.717, 1.165) is 6.54 Å². The average Bonchev–Trinajstić information content (AvgIpc) is 2.21. The Labute approximate surface area is 93.8 Å². The van der Waals surface area contributed by atoms with Gasteiger partial charge in [-0.2, -0.15) is 0 Å². The lowest BCUT2D eigenvalue weighted by atomic mass is 10.2. The van der Waals surface area contributed by atoms with Crippen LogP contribution < -0.4 is 0 Å². The molecule has 0 N–H and O–H groups in total. The highest BCUT2D eigenvalue weighted by molar-refractivity contribution is 5.71. The minimum Gasteiger partial charge on any atom is -0.468 e. The molecule has 15 heavy (non-hydrogen) atoms. The van der Waals surface area contributed by atoms with Crippen LogP contribution in [-0.4, -0.2) is 37.1 Å². The Morgan fingerprint density at radius 3 is 2.40 bits per heavy atom. The summed E-state index contributed by atoms with van der Waals surface area (Å²) in [5.74, 6) is -0.140. The summed E-state index contributed by atoms with van der Waals surface area (Å²) >= 11 is 0. The Hall–Kier alpha value is -0.570. The number of methoxy groups -OCH3 is 1. The molecule has 0 atom stereocenters. The summed E-state index contributed by atoms with van der Waals surface area (Å²) in [7, 11) is 1.44. The van der Waals surface area contributed by atoms with Crippen molar-refractivity contribution in [3.05, 3.63) is 0 Å². The van der Waals surface area contributed by atoms with Crippen molar-refractivity contribution >= 4 is 5.97 Å². The number of rotatable bonds is 8. The maximum Gasteiger partial charge on any atom is 0.319 e. The molecule has 0 saturated heterocycles. The van der Waals surface area contributed by atoms with Crippen LogP contribution in [0.25, 0.3) is 0 Å². The molecular formula is C12H25NO2. The molecule has 0 heterocycles. The summed E-state index contributed by atoms with van der Waals surface area (Å²) in [5.41, 5.74) is 0. The third-order valence-electron chi connectivity index (χ3n) is 2.59. The fraction of sp³-hybridized carbons (Fsp3) is 0.917. The molecule has 0 spiro atoms. The summed E-state index contributed by atoms with van der Waals surface area (Å²) in [4.78, 5) is 13.3. The molecule has 0 aliphatic rings. The first kappa shape index (κ1) is 14.4. The Kier molecular flexibility index (Phi) is 8.38. The van der Waals surface area contributed by atoms with E-state index in [9.17, 15) is 4.79 Å². The van der Waals surface area contributed by atoms with Crippen molar-refractivity contribution in [2.45, 2.75) is 52.5 Å². The van der Waals surface area contributed by atoms with E-state index < -0.39 is 0 Å². The van der Waals surface area contributed by atoms with Gasteiger partial charge in [-0.05, 0) is 26.8 Å². The van der Waals surface area contributed by atoms with E-state index in [1.54, 1.807) is 0 Å². The smallest absolute Gasteiger partial charge is 0.319 e. The first-order valence-electron chi connectivity index (χ1n) is 5.92. The van der Waals surface area contributed by atoms with Crippen molar-refractivity contribution in [2.24, 2.45) is 0 Å². The van der Waals surface area contributed by atoms with Crippen molar-refractivity contribution in [3.8, 4) is 0 Å². The lowest BCUT2D eigenvalue weighted by Gasteiger charge is -2.24. The van der Waals surface area contributed by atoms with Crippen LogP contribution in [0.15, 0.2) is 0 Å². The van der Waals surface area contributed by atoms with Crippen molar-refractivity contribution in [2.75, 3.05) is 20.2 Å². The van der Waals surface area contributed by atoms with Gasteiger partial charge >= 0.3 is 5.97 Å². The standard InChI is InChI=1S/C12H25NO2/c1-5-6-7-8-9-13(11(2)3)10-12(14)15-4/h11H,5-10H2,1-4H3. The maximum absolute atomic E-state index is 11.2. The van der Waals surface area contributed by atoms with Gasteiger partial charge in [-0.15, -0.1) is 0 Å². The van der Waals surface area contributed by atoms with E-state index in [1.165, 1.54) is 32.8 Å². The van der Waals surface area contributed by atoms with Gasteiger partial charge in [0.15, 0.2) is 0 Å². The first-order chi connectivity index (χ1) is 7.11. The van der Waals surface area contributed by atoms with Crippen molar-refractivity contribution in [1.82, 2.24) is 4.90 Å². The largest absolute Gasteiger partial charge is 0.468 e. The molecule has 0 unspecified atom stereocenters. The molecular weight excluding hydrogens is 190 g/mol. The quantitative estimate of drug-likeness (QED) is 0.460. The molecule has 0 aromatic carbocycles. The number of carbonyl (C=O) groups excluding carboxylic acids is 1. The SMILES string of the molecule is CCCCCCN(CC(=O)OC)C(C)C. The van der Waals surface area contributed by atoms with Crippen LogP contribution in [-0.2, 0) is 9.53 Å². The summed E-state index contributed by atoms with van der Waals surface area (Å²) in [6.07, 6.45) is 4.95. The number of ether oxygens (including phenoxy) is 1. The van der Waals surface area contributed by atoms with Crippen LogP contribution in [0.3, 0.4) is 0 Å². The van der Waals surface area contributed by atoms with Gasteiger partial charge in [0.2, 0.25) is 0 Å². The third kappa shape index (κ3) is 7.37. The average molecular weight is 215 g/mol. The number of nitrogens with zero attached hydrogens (tertiary/aromatic N) is 1. The number of unbranched alkanes of at least 4 members (excludes halogenated alkanes) is 3. The lowest BCUT2D eigenvalue weighted by Crippen LogP contribution is -2.36. The Morgan fingerprint density at radius 2 is 1.93 bits per heavy atom. The molecule has 0 aromatic heterocycles. The van der Waals surface area contributed by atoms with Gasteiger partial charge in [-0.1, -0.05) is 26.2 Å². The molecule has 0 aromatic rings. The van der Waals surface area contributed by atoms with E-state index in [-0.39, 0.29) is 5.97 Å².